The molecule has 0 spiro atoms. The Hall–Kier alpha value is -2.41. The molecule has 2 aliphatic carbocycles. The third-order valence-corrected chi connectivity index (χ3v) is 6.79. The SMILES string of the molecule is Cn1nc2c(c1-c1ccccc1)CCC1C(C)(C)C(=O)C(C#N)CC21C. The fraction of sp³-hybridized carbons (Fsp3) is 0.500. The van der Waals surface area contributed by atoms with Gasteiger partial charge in [-0.05, 0) is 25.2 Å². The molecule has 0 bridgehead atoms. The van der Waals surface area contributed by atoms with Crippen LogP contribution in [0.2, 0.25) is 0 Å². The van der Waals surface area contributed by atoms with Crippen LogP contribution in [0, 0.1) is 28.6 Å². The lowest BCUT2D eigenvalue weighted by Crippen LogP contribution is -2.55. The Labute approximate surface area is 154 Å². The molecule has 1 aromatic carbocycles. The second-order valence-corrected chi connectivity index (χ2v) is 8.65. The predicted molar refractivity (Wildman–Crippen MR) is 100 cm³/mol. The zero-order chi connectivity index (χ0) is 18.7. The average molecular weight is 347 g/mol. The molecule has 0 radical (unpaired) electrons. The fourth-order valence-electron chi connectivity index (χ4n) is 5.63. The Morgan fingerprint density at radius 2 is 1.92 bits per heavy atom. The number of ketones is 1. The zero-order valence-electron chi connectivity index (χ0n) is 15.9. The molecule has 0 saturated heterocycles. The number of aryl methyl sites for hydroxylation is 1. The van der Waals surface area contributed by atoms with Crippen LogP contribution in [0.1, 0.15) is 44.9 Å². The van der Waals surface area contributed by atoms with Gasteiger partial charge in [-0.2, -0.15) is 10.4 Å². The summed E-state index contributed by atoms with van der Waals surface area (Å²) < 4.78 is 1.98. The molecule has 26 heavy (non-hydrogen) atoms. The lowest BCUT2D eigenvalue weighted by molar-refractivity contribution is -0.140. The van der Waals surface area contributed by atoms with Crippen molar-refractivity contribution in [2.45, 2.75) is 45.4 Å². The van der Waals surface area contributed by atoms with Crippen LogP contribution in [-0.4, -0.2) is 15.6 Å². The number of nitriles is 1. The largest absolute Gasteiger partial charge is 0.298 e. The highest BCUT2D eigenvalue weighted by Crippen LogP contribution is 2.57. The molecule has 4 rings (SSSR count). The molecule has 2 aliphatic rings. The van der Waals surface area contributed by atoms with E-state index >= 15 is 0 Å². The summed E-state index contributed by atoms with van der Waals surface area (Å²) in [6.45, 7) is 6.26. The summed E-state index contributed by atoms with van der Waals surface area (Å²) in [6, 6.07) is 12.6. The van der Waals surface area contributed by atoms with Gasteiger partial charge in [0.15, 0.2) is 5.78 Å². The molecular formula is C22H25N3O. The van der Waals surface area contributed by atoms with Gasteiger partial charge in [0.2, 0.25) is 0 Å². The number of hydrogen-bond acceptors (Lipinski definition) is 3. The molecule has 134 valence electrons. The van der Waals surface area contributed by atoms with Gasteiger partial charge in [-0.15, -0.1) is 0 Å². The molecule has 1 aromatic heterocycles. The second-order valence-electron chi connectivity index (χ2n) is 8.65. The van der Waals surface area contributed by atoms with Gasteiger partial charge >= 0.3 is 0 Å². The quantitative estimate of drug-likeness (QED) is 0.782. The summed E-state index contributed by atoms with van der Waals surface area (Å²) in [7, 11) is 2.00. The number of rotatable bonds is 1. The smallest absolute Gasteiger partial charge is 0.155 e. The first-order valence-corrected chi connectivity index (χ1v) is 9.36. The van der Waals surface area contributed by atoms with Crippen LogP contribution in [-0.2, 0) is 23.7 Å². The number of nitrogens with zero attached hydrogens (tertiary/aromatic N) is 3. The summed E-state index contributed by atoms with van der Waals surface area (Å²) >= 11 is 0. The van der Waals surface area contributed by atoms with Crippen LogP contribution in [0.3, 0.4) is 0 Å². The number of hydrogen-bond donors (Lipinski definition) is 0. The van der Waals surface area contributed by atoms with Crippen molar-refractivity contribution in [2.24, 2.45) is 24.3 Å². The molecular weight excluding hydrogens is 322 g/mol. The van der Waals surface area contributed by atoms with Gasteiger partial charge in [0.05, 0.1) is 17.5 Å². The van der Waals surface area contributed by atoms with E-state index in [0.29, 0.717) is 6.42 Å². The van der Waals surface area contributed by atoms with E-state index in [2.05, 4.69) is 37.3 Å². The summed E-state index contributed by atoms with van der Waals surface area (Å²) in [5.41, 5.74) is 4.00. The summed E-state index contributed by atoms with van der Waals surface area (Å²) in [4.78, 5) is 12.8. The molecule has 4 heteroatoms. The van der Waals surface area contributed by atoms with E-state index in [-0.39, 0.29) is 17.1 Å². The molecule has 3 unspecified atom stereocenters. The summed E-state index contributed by atoms with van der Waals surface area (Å²) in [5.74, 6) is -0.220. The zero-order valence-corrected chi connectivity index (χ0v) is 15.9. The van der Waals surface area contributed by atoms with Crippen molar-refractivity contribution in [2.75, 3.05) is 0 Å². The van der Waals surface area contributed by atoms with Crippen LogP contribution < -0.4 is 0 Å². The second kappa shape index (κ2) is 5.54. The number of carbonyl (C=O) groups is 1. The van der Waals surface area contributed by atoms with Crippen LogP contribution in [0.25, 0.3) is 11.3 Å². The third kappa shape index (κ3) is 2.13. The highest BCUT2D eigenvalue weighted by molar-refractivity contribution is 5.90. The monoisotopic (exact) mass is 347 g/mol. The van der Waals surface area contributed by atoms with Gasteiger partial charge in [0.1, 0.15) is 5.92 Å². The number of fused-ring (bicyclic) bond motifs is 3. The minimum Gasteiger partial charge on any atom is -0.298 e. The van der Waals surface area contributed by atoms with Crippen molar-refractivity contribution < 1.29 is 4.79 Å². The maximum absolute atomic E-state index is 12.8. The minimum absolute atomic E-state index is 0.102. The summed E-state index contributed by atoms with van der Waals surface area (Å²) in [5, 5.41) is 14.5. The topological polar surface area (TPSA) is 58.7 Å². The number of carbonyl (C=O) groups excluding carboxylic acids is 1. The first-order chi connectivity index (χ1) is 12.3. The molecule has 0 N–H and O–H groups in total. The van der Waals surface area contributed by atoms with E-state index < -0.39 is 11.3 Å². The van der Waals surface area contributed by atoms with E-state index in [9.17, 15) is 10.1 Å². The lowest BCUT2D eigenvalue weighted by Gasteiger charge is -2.52. The Morgan fingerprint density at radius 1 is 1.23 bits per heavy atom. The molecule has 1 fully saturated rings. The van der Waals surface area contributed by atoms with E-state index in [1.54, 1.807) is 0 Å². The van der Waals surface area contributed by atoms with E-state index in [1.165, 1.54) is 16.8 Å². The van der Waals surface area contributed by atoms with Gasteiger partial charge in [0, 0.05) is 29.0 Å². The lowest BCUT2D eigenvalue weighted by atomic mass is 9.49. The standard InChI is InChI=1S/C22H25N3O/c1-21(2)17-11-10-16-18(14-8-6-5-7-9-14)25(4)24-19(16)22(17,3)12-15(13-23)20(21)26/h5-9,15,17H,10-12H2,1-4H3. The molecule has 2 aromatic rings. The van der Waals surface area contributed by atoms with E-state index in [1.807, 2.05) is 31.6 Å². The van der Waals surface area contributed by atoms with Crippen molar-refractivity contribution in [3.63, 3.8) is 0 Å². The van der Waals surface area contributed by atoms with E-state index in [0.717, 1.165) is 18.5 Å². The average Bonchev–Trinajstić information content (AvgIpc) is 2.96. The van der Waals surface area contributed by atoms with Crippen molar-refractivity contribution in [1.29, 1.82) is 5.26 Å². The maximum atomic E-state index is 12.8. The number of aromatic nitrogens is 2. The third-order valence-electron chi connectivity index (χ3n) is 6.79. The van der Waals surface area contributed by atoms with Gasteiger partial charge < -0.3 is 0 Å². The van der Waals surface area contributed by atoms with Gasteiger partial charge in [-0.1, -0.05) is 51.1 Å². The number of Topliss-reactive ketones (excluding diaryl/α,β-unsaturated/α-hetero) is 1. The molecule has 1 heterocycles. The van der Waals surface area contributed by atoms with Crippen molar-refractivity contribution in [3.8, 4) is 17.3 Å². The summed E-state index contributed by atoms with van der Waals surface area (Å²) in [6.07, 6.45) is 2.47. The van der Waals surface area contributed by atoms with Gasteiger partial charge in [0.25, 0.3) is 0 Å². The molecule has 0 amide bonds. The highest BCUT2D eigenvalue weighted by Gasteiger charge is 2.58. The van der Waals surface area contributed by atoms with Crippen molar-refractivity contribution in [3.05, 3.63) is 41.6 Å². The maximum Gasteiger partial charge on any atom is 0.155 e. The molecule has 1 saturated carbocycles. The predicted octanol–water partition coefficient (Wildman–Crippen LogP) is 4.05. The fourth-order valence-corrected chi connectivity index (χ4v) is 5.63. The molecule has 3 atom stereocenters. The van der Waals surface area contributed by atoms with Gasteiger partial charge in [-0.25, -0.2) is 0 Å². The van der Waals surface area contributed by atoms with E-state index in [4.69, 9.17) is 5.10 Å². The number of benzene rings is 1. The first-order valence-electron chi connectivity index (χ1n) is 9.36. The van der Waals surface area contributed by atoms with Crippen LogP contribution >= 0.6 is 0 Å². The van der Waals surface area contributed by atoms with Crippen molar-refractivity contribution >= 4 is 5.78 Å². The molecule has 4 nitrogen and oxygen atoms in total. The van der Waals surface area contributed by atoms with Crippen LogP contribution in [0.5, 0.6) is 0 Å². The van der Waals surface area contributed by atoms with Crippen molar-refractivity contribution in [1.82, 2.24) is 9.78 Å². The Balaban J connectivity index is 1.90. The Kier molecular flexibility index (Phi) is 3.63. The normalized spacial score (nSPS) is 29.6. The first kappa shape index (κ1) is 17.0. The highest BCUT2D eigenvalue weighted by atomic mass is 16.1. The Bertz CT molecular complexity index is 919. The molecule has 0 aliphatic heterocycles. The van der Waals surface area contributed by atoms with Gasteiger partial charge in [-0.3, -0.25) is 9.48 Å². The van der Waals surface area contributed by atoms with Crippen LogP contribution in [0.15, 0.2) is 30.3 Å². The Morgan fingerprint density at radius 3 is 2.58 bits per heavy atom. The minimum atomic E-state index is -0.542. The van der Waals surface area contributed by atoms with Crippen LogP contribution in [0.4, 0.5) is 0 Å².